The Labute approximate surface area is 145 Å². The van der Waals surface area contributed by atoms with E-state index in [1.165, 1.54) is 0 Å². The van der Waals surface area contributed by atoms with Gasteiger partial charge in [-0.15, -0.1) is 0 Å². The Morgan fingerprint density at radius 2 is 1.72 bits per heavy atom. The maximum Gasteiger partial charge on any atom is 0.257 e. The van der Waals surface area contributed by atoms with Gasteiger partial charge in [0.2, 0.25) is 0 Å². The number of amides is 1. The van der Waals surface area contributed by atoms with Gasteiger partial charge in [-0.3, -0.25) is 9.48 Å². The van der Waals surface area contributed by atoms with Crippen molar-refractivity contribution in [3.63, 3.8) is 0 Å². The van der Waals surface area contributed by atoms with Crippen molar-refractivity contribution >= 4 is 22.8 Å². The Kier molecular flexibility index (Phi) is 3.83. The maximum absolute atomic E-state index is 12.5. The van der Waals surface area contributed by atoms with Gasteiger partial charge in [-0.2, -0.15) is 5.10 Å². The average Bonchev–Trinajstić information content (AvgIpc) is 3.07. The number of aromatic nitrogens is 4. The van der Waals surface area contributed by atoms with E-state index in [0.29, 0.717) is 18.7 Å². The molecular weight excluding hydrogens is 316 g/mol. The number of aryl methyl sites for hydroxylation is 2. The van der Waals surface area contributed by atoms with Crippen LogP contribution in [-0.4, -0.2) is 56.7 Å². The number of anilines is 1. The first-order valence-corrected chi connectivity index (χ1v) is 8.38. The van der Waals surface area contributed by atoms with Gasteiger partial charge in [0.15, 0.2) is 5.82 Å². The molecule has 1 amide bonds. The fraction of sp³-hybridized carbons (Fsp3) is 0.333. The van der Waals surface area contributed by atoms with Crippen LogP contribution >= 0.6 is 0 Å². The number of hydrogen-bond donors (Lipinski definition) is 0. The lowest BCUT2D eigenvalue weighted by Crippen LogP contribution is -2.49. The van der Waals surface area contributed by atoms with E-state index in [0.717, 1.165) is 35.6 Å². The van der Waals surface area contributed by atoms with E-state index in [4.69, 9.17) is 4.98 Å². The molecule has 0 saturated carbocycles. The number of nitrogens with zero attached hydrogens (tertiary/aromatic N) is 6. The average molecular weight is 336 g/mol. The van der Waals surface area contributed by atoms with Crippen molar-refractivity contribution in [2.75, 3.05) is 31.1 Å². The van der Waals surface area contributed by atoms with Gasteiger partial charge in [0.1, 0.15) is 0 Å². The van der Waals surface area contributed by atoms with Crippen LogP contribution in [-0.2, 0) is 7.05 Å². The molecule has 1 aromatic carbocycles. The van der Waals surface area contributed by atoms with E-state index in [9.17, 15) is 4.79 Å². The second kappa shape index (κ2) is 6.16. The minimum absolute atomic E-state index is 0.0362. The summed E-state index contributed by atoms with van der Waals surface area (Å²) in [6.07, 6.45) is 3.38. The van der Waals surface area contributed by atoms with Gasteiger partial charge in [-0.25, -0.2) is 9.97 Å². The highest BCUT2D eigenvalue weighted by Crippen LogP contribution is 2.21. The molecule has 25 heavy (non-hydrogen) atoms. The summed E-state index contributed by atoms with van der Waals surface area (Å²) in [5.41, 5.74) is 3.37. The van der Waals surface area contributed by atoms with Crippen molar-refractivity contribution in [3.05, 3.63) is 47.9 Å². The molecule has 1 fully saturated rings. The van der Waals surface area contributed by atoms with E-state index in [1.807, 2.05) is 43.1 Å². The largest absolute Gasteiger partial charge is 0.352 e. The zero-order valence-electron chi connectivity index (χ0n) is 14.4. The molecular formula is C18H20N6O. The second-order valence-electron chi connectivity index (χ2n) is 6.30. The highest BCUT2D eigenvalue weighted by Gasteiger charge is 2.24. The molecule has 7 heteroatoms. The quantitative estimate of drug-likeness (QED) is 0.712. The highest BCUT2D eigenvalue weighted by molar-refractivity contribution is 5.93. The molecule has 1 aliphatic rings. The normalized spacial score (nSPS) is 15.0. The molecule has 3 heterocycles. The minimum Gasteiger partial charge on any atom is -0.352 e. The minimum atomic E-state index is 0.0362. The molecule has 2 aromatic heterocycles. The van der Waals surface area contributed by atoms with E-state index in [-0.39, 0.29) is 5.91 Å². The van der Waals surface area contributed by atoms with Gasteiger partial charge in [-0.1, -0.05) is 12.1 Å². The Hall–Kier alpha value is -2.96. The molecule has 0 unspecified atom stereocenters. The summed E-state index contributed by atoms with van der Waals surface area (Å²) in [6.45, 7) is 4.82. The predicted octanol–water partition coefficient (Wildman–Crippen LogP) is 1.63. The first-order valence-electron chi connectivity index (χ1n) is 8.38. The lowest BCUT2D eigenvalue weighted by atomic mass is 10.2. The SMILES string of the molecule is Cc1nc2ccccc2nc1N1CCN(C(=O)c2cnn(C)c2)CC1. The number of fused-ring (bicyclic) bond motifs is 1. The Morgan fingerprint density at radius 1 is 1.04 bits per heavy atom. The van der Waals surface area contributed by atoms with Gasteiger partial charge in [0.25, 0.3) is 5.91 Å². The summed E-state index contributed by atoms with van der Waals surface area (Å²) < 4.78 is 1.65. The number of carbonyl (C=O) groups excluding carboxylic acids is 1. The first kappa shape index (κ1) is 15.6. The third kappa shape index (κ3) is 2.93. The van der Waals surface area contributed by atoms with Gasteiger partial charge in [-0.05, 0) is 19.1 Å². The molecule has 4 rings (SSSR count). The van der Waals surface area contributed by atoms with Crippen LogP contribution in [0.1, 0.15) is 16.1 Å². The Balaban J connectivity index is 1.50. The van der Waals surface area contributed by atoms with Crippen molar-refractivity contribution in [2.45, 2.75) is 6.92 Å². The van der Waals surface area contributed by atoms with Crippen LogP contribution in [0.25, 0.3) is 11.0 Å². The summed E-state index contributed by atoms with van der Waals surface area (Å²) in [5.74, 6) is 0.946. The number of rotatable bonds is 2. The molecule has 0 radical (unpaired) electrons. The number of carbonyl (C=O) groups is 1. The molecule has 0 aliphatic carbocycles. The standard InChI is InChI=1S/C18H20N6O/c1-13-17(21-16-6-4-3-5-15(16)20-13)23-7-9-24(10-8-23)18(25)14-11-19-22(2)12-14/h3-6,11-12H,7-10H2,1-2H3. The number of benzene rings is 1. The summed E-state index contributed by atoms with van der Waals surface area (Å²) >= 11 is 0. The smallest absolute Gasteiger partial charge is 0.257 e. The van der Waals surface area contributed by atoms with Crippen LogP contribution in [0.15, 0.2) is 36.7 Å². The number of piperazine rings is 1. The van der Waals surface area contributed by atoms with E-state index in [1.54, 1.807) is 17.1 Å². The van der Waals surface area contributed by atoms with Gasteiger partial charge < -0.3 is 9.80 Å². The molecule has 7 nitrogen and oxygen atoms in total. The zero-order chi connectivity index (χ0) is 17.4. The van der Waals surface area contributed by atoms with E-state index >= 15 is 0 Å². The van der Waals surface area contributed by atoms with E-state index < -0.39 is 0 Å². The number of para-hydroxylation sites is 2. The monoisotopic (exact) mass is 336 g/mol. The van der Waals surface area contributed by atoms with Gasteiger partial charge >= 0.3 is 0 Å². The van der Waals surface area contributed by atoms with E-state index in [2.05, 4.69) is 15.0 Å². The predicted molar refractivity (Wildman–Crippen MR) is 95.6 cm³/mol. The fourth-order valence-corrected chi connectivity index (χ4v) is 3.21. The highest BCUT2D eigenvalue weighted by atomic mass is 16.2. The van der Waals surface area contributed by atoms with Crippen molar-refractivity contribution < 1.29 is 4.79 Å². The van der Waals surface area contributed by atoms with Crippen LogP contribution in [0.2, 0.25) is 0 Å². The summed E-state index contributed by atoms with van der Waals surface area (Å²) in [5, 5.41) is 4.08. The van der Waals surface area contributed by atoms with Gasteiger partial charge in [0.05, 0.1) is 28.5 Å². The summed E-state index contributed by atoms with van der Waals surface area (Å²) in [6, 6.07) is 7.90. The van der Waals surface area contributed by atoms with Crippen molar-refractivity contribution in [3.8, 4) is 0 Å². The van der Waals surface area contributed by atoms with Crippen molar-refractivity contribution in [2.24, 2.45) is 7.05 Å². The summed E-state index contributed by atoms with van der Waals surface area (Å²) in [4.78, 5) is 26.0. The second-order valence-corrected chi connectivity index (χ2v) is 6.30. The van der Waals surface area contributed by atoms with Crippen LogP contribution < -0.4 is 4.90 Å². The molecule has 1 saturated heterocycles. The third-order valence-electron chi connectivity index (χ3n) is 4.54. The topological polar surface area (TPSA) is 67.2 Å². The lowest BCUT2D eigenvalue weighted by Gasteiger charge is -2.35. The lowest BCUT2D eigenvalue weighted by molar-refractivity contribution is 0.0746. The van der Waals surface area contributed by atoms with Crippen LogP contribution in [0, 0.1) is 6.92 Å². The number of hydrogen-bond acceptors (Lipinski definition) is 5. The van der Waals surface area contributed by atoms with Crippen LogP contribution in [0.5, 0.6) is 0 Å². The molecule has 1 aliphatic heterocycles. The molecule has 128 valence electrons. The first-order chi connectivity index (χ1) is 12.1. The molecule has 3 aromatic rings. The zero-order valence-corrected chi connectivity index (χ0v) is 14.4. The van der Waals surface area contributed by atoms with Crippen LogP contribution in [0.4, 0.5) is 5.82 Å². The third-order valence-corrected chi connectivity index (χ3v) is 4.54. The molecule has 0 N–H and O–H groups in total. The summed E-state index contributed by atoms with van der Waals surface area (Å²) in [7, 11) is 1.82. The molecule has 0 spiro atoms. The molecule has 0 atom stereocenters. The van der Waals surface area contributed by atoms with Crippen molar-refractivity contribution in [1.82, 2.24) is 24.6 Å². The Morgan fingerprint density at radius 3 is 2.36 bits per heavy atom. The fourth-order valence-electron chi connectivity index (χ4n) is 3.21. The maximum atomic E-state index is 12.5. The molecule has 0 bridgehead atoms. The van der Waals surface area contributed by atoms with Crippen LogP contribution in [0.3, 0.4) is 0 Å². The van der Waals surface area contributed by atoms with Gasteiger partial charge in [0, 0.05) is 39.4 Å². The van der Waals surface area contributed by atoms with Crippen molar-refractivity contribution in [1.29, 1.82) is 0 Å². The Bertz CT molecular complexity index is 926.